The van der Waals surface area contributed by atoms with Crippen LogP contribution in [0.3, 0.4) is 0 Å². The van der Waals surface area contributed by atoms with E-state index in [1.807, 2.05) is 44.2 Å². The molecule has 2 rings (SSSR count). The Balaban J connectivity index is 2.20. The molecule has 1 aromatic rings. The van der Waals surface area contributed by atoms with Crippen molar-refractivity contribution in [1.82, 2.24) is 15.1 Å². The molecule has 0 aliphatic carbocycles. The number of likely N-dealkylation sites (N-methyl/N-ethyl adjacent to an activating group) is 1. The highest BCUT2D eigenvalue weighted by Gasteiger charge is 2.46. The van der Waals surface area contributed by atoms with Gasteiger partial charge in [-0.2, -0.15) is 0 Å². The fourth-order valence-corrected chi connectivity index (χ4v) is 3.22. The van der Waals surface area contributed by atoms with Crippen molar-refractivity contribution in [3.63, 3.8) is 0 Å². The van der Waals surface area contributed by atoms with Crippen LogP contribution in [0, 0.1) is 17.8 Å². The van der Waals surface area contributed by atoms with Crippen molar-refractivity contribution < 1.29 is 19.2 Å². The number of carbonyl (C=O) groups excluding carboxylic acids is 4. The zero-order valence-electron chi connectivity index (χ0n) is 17.0. The Morgan fingerprint density at radius 3 is 2.39 bits per heavy atom. The van der Waals surface area contributed by atoms with Crippen LogP contribution < -0.4 is 5.32 Å². The second-order valence-corrected chi connectivity index (χ2v) is 7.88. The highest BCUT2D eigenvalue weighted by Crippen LogP contribution is 2.29. The number of Topliss-reactive ketones (excluding diaryl/α,β-unsaturated/α-hetero) is 1. The fourth-order valence-electron chi connectivity index (χ4n) is 3.22. The van der Waals surface area contributed by atoms with Crippen LogP contribution in [0.25, 0.3) is 0 Å². The number of nitrogens with zero attached hydrogens (tertiary/aromatic N) is 2. The number of carbonyl (C=O) groups is 4. The van der Waals surface area contributed by atoms with Gasteiger partial charge in [0, 0.05) is 27.2 Å². The van der Waals surface area contributed by atoms with Crippen LogP contribution in [0.5, 0.6) is 0 Å². The zero-order chi connectivity index (χ0) is 20.8. The van der Waals surface area contributed by atoms with Gasteiger partial charge in [0.05, 0.1) is 18.4 Å². The summed E-state index contributed by atoms with van der Waals surface area (Å²) in [4.78, 5) is 52.9. The molecule has 1 aliphatic rings. The monoisotopic (exact) mass is 387 g/mol. The fraction of sp³-hybridized carbons (Fsp3) is 0.524. The summed E-state index contributed by atoms with van der Waals surface area (Å²) in [5, 5.41) is 2.64. The van der Waals surface area contributed by atoms with E-state index in [0.29, 0.717) is 13.0 Å². The summed E-state index contributed by atoms with van der Waals surface area (Å²) in [5.41, 5.74) is 0.919. The van der Waals surface area contributed by atoms with E-state index < -0.39 is 23.5 Å². The topological polar surface area (TPSA) is 86.8 Å². The Bertz CT molecular complexity index is 730. The maximum atomic E-state index is 12.9. The number of hydrogen-bond acceptors (Lipinski definition) is 4. The first kappa shape index (κ1) is 21.6. The summed E-state index contributed by atoms with van der Waals surface area (Å²) in [5.74, 6) is -2.90. The normalized spacial score (nSPS) is 19.0. The minimum atomic E-state index is -0.755. The Hall–Kier alpha value is -2.70. The maximum absolute atomic E-state index is 12.9. The number of benzene rings is 1. The molecule has 1 aromatic carbocycles. The second kappa shape index (κ2) is 9.48. The molecule has 2 atom stereocenters. The van der Waals surface area contributed by atoms with Gasteiger partial charge in [0.25, 0.3) is 5.91 Å². The molecule has 152 valence electrons. The van der Waals surface area contributed by atoms with Crippen LogP contribution in [0.2, 0.25) is 0 Å². The van der Waals surface area contributed by atoms with Gasteiger partial charge in [0.15, 0.2) is 0 Å². The standard InChI is InChI=1S/C21H29N3O4/c1-14(2)11-22-20(27)19(26)17-12-24(13-18(25)23(3)4)21(28)16(17)10-15-8-6-5-7-9-15/h5-9,14,16-17H,10-13H2,1-4H3,(H,22,27)/t16-,17+/m0/s1. The molecule has 7 heteroatoms. The SMILES string of the molecule is CC(C)CNC(=O)C(=O)[C@@H]1CN(CC(=O)N(C)C)C(=O)[C@H]1Cc1ccccc1. The molecule has 1 N–H and O–H groups in total. The first-order chi connectivity index (χ1) is 13.2. The Morgan fingerprint density at radius 1 is 1.18 bits per heavy atom. The van der Waals surface area contributed by atoms with Crippen LogP contribution >= 0.6 is 0 Å². The lowest BCUT2D eigenvalue weighted by Gasteiger charge is -2.18. The summed E-state index contributed by atoms with van der Waals surface area (Å²) in [7, 11) is 3.23. The molecule has 3 amide bonds. The summed E-state index contributed by atoms with van der Waals surface area (Å²) in [6.45, 7) is 4.28. The average molecular weight is 387 g/mol. The lowest BCUT2D eigenvalue weighted by atomic mass is 9.86. The molecule has 28 heavy (non-hydrogen) atoms. The second-order valence-electron chi connectivity index (χ2n) is 7.88. The lowest BCUT2D eigenvalue weighted by molar-refractivity contribution is -0.141. The van der Waals surface area contributed by atoms with Gasteiger partial charge >= 0.3 is 0 Å². The van der Waals surface area contributed by atoms with E-state index in [4.69, 9.17) is 0 Å². The van der Waals surface area contributed by atoms with Crippen molar-refractivity contribution in [2.24, 2.45) is 17.8 Å². The van der Waals surface area contributed by atoms with Crippen LogP contribution in [-0.4, -0.2) is 67.0 Å². The van der Waals surface area contributed by atoms with E-state index in [-0.39, 0.29) is 30.8 Å². The Morgan fingerprint density at radius 2 is 1.82 bits per heavy atom. The summed E-state index contributed by atoms with van der Waals surface area (Å²) < 4.78 is 0. The molecule has 1 heterocycles. The van der Waals surface area contributed by atoms with Crippen LogP contribution in [0.15, 0.2) is 30.3 Å². The van der Waals surface area contributed by atoms with Crippen molar-refractivity contribution >= 4 is 23.5 Å². The van der Waals surface area contributed by atoms with Crippen molar-refractivity contribution in [3.8, 4) is 0 Å². The predicted octanol–water partition coefficient (Wildman–Crippen LogP) is 0.733. The number of ketones is 1. The number of rotatable bonds is 8. The quantitative estimate of drug-likeness (QED) is 0.667. The van der Waals surface area contributed by atoms with Gasteiger partial charge in [0.2, 0.25) is 17.6 Å². The molecule has 0 spiro atoms. The molecule has 0 saturated carbocycles. The van der Waals surface area contributed by atoms with E-state index in [1.54, 1.807) is 14.1 Å². The van der Waals surface area contributed by atoms with Crippen LogP contribution in [-0.2, 0) is 25.6 Å². The molecule has 0 aromatic heterocycles. The highest BCUT2D eigenvalue weighted by molar-refractivity contribution is 6.37. The number of nitrogens with one attached hydrogen (secondary N) is 1. The first-order valence-corrected chi connectivity index (χ1v) is 9.55. The third kappa shape index (κ3) is 5.41. The third-order valence-corrected chi connectivity index (χ3v) is 4.89. The van der Waals surface area contributed by atoms with E-state index in [2.05, 4.69) is 5.32 Å². The number of hydrogen-bond donors (Lipinski definition) is 1. The average Bonchev–Trinajstić information content (AvgIpc) is 2.95. The van der Waals surface area contributed by atoms with Gasteiger partial charge in [-0.05, 0) is 17.9 Å². The van der Waals surface area contributed by atoms with Crippen molar-refractivity contribution in [3.05, 3.63) is 35.9 Å². The molecule has 0 bridgehead atoms. The van der Waals surface area contributed by atoms with Crippen LogP contribution in [0.1, 0.15) is 19.4 Å². The number of amides is 3. The predicted molar refractivity (Wildman–Crippen MR) is 105 cm³/mol. The molecule has 1 fully saturated rings. The molecular formula is C21H29N3O4. The Kier molecular flexibility index (Phi) is 7.31. The van der Waals surface area contributed by atoms with Crippen molar-refractivity contribution in [2.45, 2.75) is 20.3 Å². The van der Waals surface area contributed by atoms with E-state index in [9.17, 15) is 19.2 Å². The van der Waals surface area contributed by atoms with Gasteiger partial charge in [-0.3, -0.25) is 19.2 Å². The van der Waals surface area contributed by atoms with Gasteiger partial charge in [0.1, 0.15) is 0 Å². The van der Waals surface area contributed by atoms with E-state index in [0.717, 1.165) is 5.56 Å². The first-order valence-electron chi connectivity index (χ1n) is 9.55. The zero-order valence-corrected chi connectivity index (χ0v) is 17.0. The molecule has 1 aliphatic heterocycles. The van der Waals surface area contributed by atoms with Crippen molar-refractivity contribution in [1.29, 1.82) is 0 Å². The van der Waals surface area contributed by atoms with Gasteiger partial charge in [-0.15, -0.1) is 0 Å². The molecular weight excluding hydrogens is 358 g/mol. The van der Waals surface area contributed by atoms with Gasteiger partial charge in [-0.25, -0.2) is 0 Å². The summed E-state index contributed by atoms with van der Waals surface area (Å²) in [6.07, 6.45) is 0.361. The summed E-state index contributed by atoms with van der Waals surface area (Å²) >= 11 is 0. The largest absolute Gasteiger partial charge is 0.349 e. The maximum Gasteiger partial charge on any atom is 0.287 e. The number of likely N-dealkylation sites (tertiary alicyclic amines) is 1. The van der Waals surface area contributed by atoms with Crippen molar-refractivity contribution in [2.75, 3.05) is 33.7 Å². The lowest BCUT2D eigenvalue weighted by Crippen LogP contribution is -2.40. The molecule has 0 radical (unpaired) electrons. The van der Waals surface area contributed by atoms with E-state index in [1.165, 1.54) is 9.80 Å². The summed E-state index contributed by atoms with van der Waals surface area (Å²) in [6, 6.07) is 9.40. The molecule has 7 nitrogen and oxygen atoms in total. The minimum absolute atomic E-state index is 0.0871. The van der Waals surface area contributed by atoms with Gasteiger partial charge in [-0.1, -0.05) is 44.2 Å². The van der Waals surface area contributed by atoms with E-state index >= 15 is 0 Å². The van der Waals surface area contributed by atoms with Crippen LogP contribution in [0.4, 0.5) is 0 Å². The smallest absolute Gasteiger partial charge is 0.287 e. The minimum Gasteiger partial charge on any atom is -0.349 e. The Labute approximate surface area is 166 Å². The third-order valence-electron chi connectivity index (χ3n) is 4.89. The van der Waals surface area contributed by atoms with Gasteiger partial charge < -0.3 is 15.1 Å². The molecule has 0 unspecified atom stereocenters. The highest BCUT2D eigenvalue weighted by atomic mass is 16.2. The molecule has 1 saturated heterocycles.